The van der Waals surface area contributed by atoms with Crippen molar-refractivity contribution in [2.75, 3.05) is 0 Å². The number of nitrogens with zero attached hydrogens (tertiary/aromatic N) is 3. The number of aryl methyl sites for hydroxylation is 1. The van der Waals surface area contributed by atoms with Crippen molar-refractivity contribution in [2.45, 2.75) is 25.3 Å². The van der Waals surface area contributed by atoms with Crippen LogP contribution in [0.15, 0.2) is 178 Å². The molecule has 2 aromatic heterocycles. The molecule has 12 rings (SSSR count). The van der Waals surface area contributed by atoms with E-state index in [-0.39, 0.29) is 6.04 Å². The van der Waals surface area contributed by atoms with E-state index in [9.17, 15) is 0 Å². The van der Waals surface area contributed by atoms with Crippen molar-refractivity contribution in [2.24, 2.45) is 9.98 Å². The molecular weight excluding hydrogens is 715 g/mol. The monoisotopic (exact) mass is 749 g/mol. The molecule has 0 saturated carbocycles. The van der Waals surface area contributed by atoms with Crippen molar-refractivity contribution < 1.29 is 13.9 Å². The van der Waals surface area contributed by atoms with E-state index in [1.165, 1.54) is 21.7 Å². The second-order valence-corrected chi connectivity index (χ2v) is 15.2. The van der Waals surface area contributed by atoms with Crippen molar-refractivity contribution >= 4 is 50.4 Å². The summed E-state index contributed by atoms with van der Waals surface area (Å²) in [5.74, 6) is 4.44. The number of hydrogen-bond acceptors (Lipinski definition) is 5. The third kappa shape index (κ3) is 5.33. The van der Waals surface area contributed by atoms with Crippen LogP contribution in [0, 0.1) is 0 Å². The minimum atomic E-state index is -0.210. The highest BCUT2D eigenvalue weighted by Gasteiger charge is 2.28. The van der Waals surface area contributed by atoms with Crippen LogP contribution < -0.4 is 9.47 Å². The lowest BCUT2D eigenvalue weighted by Gasteiger charge is -2.23. The largest absolute Gasteiger partial charge is 0.456 e. The highest BCUT2D eigenvalue weighted by Crippen LogP contribution is 2.47. The van der Waals surface area contributed by atoms with Gasteiger partial charge in [0, 0.05) is 45.0 Å². The lowest BCUT2D eigenvalue weighted by molar-refractivity contribution is 0.360. The van der Waals surface area contributed by atoms with Gasteiger partial charge >= 0.3 is 0 Å². The Labute approximate surface area is 334 Å². The molecule has 6 nitrogen and oxygen atoms in total. The van der Waals surface area contributed by atoms with Crippen molar-refractivity contribution in [1.82, 2.24) is 4.57 Å². The van der Waals surface area contributed by atoms with Gasteiger partial charge in [0.1, 0.15) is 11.3 Å². The van der Waals surface area contributed by atoms with E-state index in [1.54, 1.807) is 0 Å². The first-order valence-corrected chi connectivity index (χ1v) is 19.9. The van der Waals surface area contributed by atoms with Crippen molar-refractivity contribution in [3.05, 3.63) is 192 Å². The molecule has 4 heterocycles. The maximum atomic E-state index is 6.63. The third-order valence-corrected chi connectivity index (χ3v) is 11.7. The summed E-state index contributed by atoms with van der Waals surface area (Å²) in [6, 6.07) is 54.7. The SMILES string of the molecule is C1=Cc2oc3c(C4CC(c5cc(-c6ccc7c(c6)Oc6ccccc6O7)cc(-n6c7ccccc7c7ccccc76)c5)=NC(c5ccccc5)=N4)cccc3c2CC1. The topological polar surface area (TPSA) is 61.2 Å². The standard InChI is InChI=1S/C52H35N3O3/c1-2-13-32(14-3-1)52-53-42(31-43(54-52)41-19-12-18-40-39-17-6-9-22-46(39)58-51(40)41)35-27-34(33-25-26-49-50(30-33)57-48-24-11-10-23-47(48)56-49)28-36(29-35)55-44-20-7-4-15-37(44)38-16-5-8-21-45(38)55/h1-5,7-16,18-30,43H,6,17,31H2. The third-order valence-electron chi connectivity index (χ3n) is 11.7. The van der Waals surface area contributed by atoms with Gasteiger partial charge in [-0.15, -0.1) is 0 Å². The Bertz CT molecular complexity index is 3170. The molecule has 9 aromatic rings. The molecule has 58 heavy (non-hydrogen) atoms. The van der Waals surface area contributed by atoms with Gasteiger partial charge < -0.3 is 18.5 Å². The first-order chi connectivity index (χ1) is 28.7. The summed E-state index contributed by atoms with van der Waals surface area (Å²) in [7, 11) is 0. The van der Waals surface area contributed by atoms with Crippen molar-refractivity contribution in [3.8, 4) is 39.8 Å². The summed E-state index contributed by atoms with van der Waals surface area (Å²) in [5, 5.41) is 3.59. The van der Waals surface area contributed by atoms with E-state index in [0.29, 0.717) is 35.3 Å². The highest BCUT2D eigenvalue weighted by atomic mass is 16.6. The molecule has 0 radical (unpaired) electrons. The van der Waals surface area contributed by atoms with Crippen LogP contribution in [0.3, 0.4) is 0 Å². The molecule has 0 N–H and O–H groups in total. The Balaban J connectivity index is 1.06. The van der Waals surface area contributed by atoms with Crippen LogP contribution in [0.5, 0.6) is 23.0 Å². The molecule has 6 heteroatoms. The normalized spacial score (nSPS) is 15.6. The fourth-order valence-corrected chi connectivity index (χ4v) is 8.93. The van der Waals surface area contributed by atoms with E-state index in [1.807, 2.05) is 48.5 Å². The van der Waals surface area contributed by atoms with Crippen LogP contribution in [-0.2, 0) is 6.42 Å². The molecule has 7 aromatic carbocycles. The second-order valence-electron chi connectivity index (χ2n) is 15.2. The predicted octanol–water partition coefficient (Wildman–Crippen LogP) is 13.4. The van der Waals surface area contributed by atoms with E-state index in [0.717, 1.165) is 74.4 Å². The summed E-state index contributed by atoms with van der Waals surface area (Å²) < 4.78 is 21.7. The summed E-state index contributed by atoms with van der Waals surface area (Å²) in [5.41, 5.74) is 11.6. The number of aliphatic imine (C=N–C) groups is 2. The Morgan fingerprint density at radius 1 is 0.552 bits per heavy atom. The zero-order valence-electron chi connectivity index (χ0n) is 31.4. The Kier molecular flexibility index (Phi) is 7.38. The quantitative estimate of drug-likeness (QED) is 0.176. The van der Waals surface area contributed by atoms with Crippen LogP contribution in [0.4, 0.5) is 0 Å². The van der Waals surface area contributed by atoms with Crippen LogP contribution in [-0.4, -0.2) is 16.1 Å². The number of furan rings is 1. The Morgan fingerprint density at radius 2 is 1.24 bits per heavy atom. The number of allylic oxidation sites excluding steroid dienone is 1. The maximum absolute atomic E-state index is 6.63. The summed E-state index contributed by atoms with van der Waals surface area (Å²) in [4.78, 5) is 10.8. The number of ether oxygens (including phenoxy) is 2. The molecule has 1 atom stereocenters. The summed E-state index contributed by atoms with van der Waals surface area (Å²) in [6.45, 7) is 0. The van der Waals surface area contributed by atoms with Crippen LogP contribution in [0.1, 0.15) is 46.9 Å². The molecule has 0 fully saturated rings. The van der Waals surface area contributed by atoms with Gasteiger partial charge in [0.05, 0.1) is 22.8 Å². The molecule has 1 aliphatic carbocycles. The first kappa shape index (κ1) is 32.8. The minimum Gasteiger partial charge on any atom is -0.456 e. The van der Waals surface area contributed by atoms with E-state index in [4.69, 9.17) is 23.9 Å². The predicted molar refractivity (Wildman–Crippen MR) is 233 cm³/mol. The van der Waals surface area contributed by atoms with E-state index >= 15 is 0 Å². The smallest absolute Gasteiger partial charge is 0.170 e. The van der Waals surface area contributed by atoms with Crippen LogP contribution >= 0.6 is 0 Å². The summed E-state index contributed by atoms with van der Waals surface area (Å²) in [6.07, 6.45) is 6.91. The van der Waals surface area contributed by atoms with Gasteiger partial charge in [0.25, 0.3) is 0 Å². The Hall–Kier alpha value is -7.44. The minimum absolute atomic E-state index is 0.210. The molecule has 3 aliphatic rings. The van der Waals surface area contributed by atoms with Gasteiger partial charge in [-0.2, -0.15) is 0 Å². The molecule has 0 saturated heterocycles. The highest BCUT2D eigenvalue weighted by molar-refractivity contribution is 6.15. The first-order valence-electron chi connectivity index (χ1n) is 19.9. The number of hydrogen-bond donors (Lipinski definition) is 0. The molecule has 0 amide bonds. The molecule has 2 aliphatic heterocycles. The number of amidine groups is 1. The number of fused-ring (bicyclic) bond motifs is 8. The summed E-state index contributed by atoms with van der Waals surface area (Å²) >= 11 is 0. The van der Waals surface area contributed by atoms with Crippen molar-refractivity contribution in [3.63, 3.8) is 0 Å². The van der Waals surface area contributed by atoms with Crippen molar-refractivity contribution in [1.29, 1.82) is 0 Å². The lowest BCUT2D eigenvalue weighted by atomic mass is 9.92. The van der Waals surface area contributed by atoms with Crippen LogP contribution in [0.25, 0.3) is 55.7 Å². The fraction of sp³-hybridized carbons (Fsp3) is 0.0769. The molecule has 1 unspecified atom stereocenters. The number of benzene rings is 7. The molecular formula is C52H35N3O3. The zero-order chi connectivity index (χ0) is 38.2. The van der Waals surface area contributed by atoms with E-state index < -0.39 is 0 Å². The van der Waals surface area contributed by atoms with Crippen LogP contribution in [0.2, 0.25) is 0 Å². The maximum Gasteiger partial charge on any atom is 0.170 e. The Morgan fingerprint density at radius 3 is 2.05 bits per heavy atom. The molecule has 0 bridgehead atoms. The molecule has 0 spiro atoms. The van der Waals surface area contributed by atoms with Gasteiger partial charge in [-0.05, 0) is 90.2 Å². The number of rotatable bonds is 5. The fourth-order valence-electron chi connectivity index (χ4n) is 8.93. The molecule has 276 valence electrons. The number of aromatic nitrogens is 1. The van der Waals surface area contributed by atoms with Gasteiger partial charge in [-0.1, -0.05) is 109 Å². The van der Waals surface area contributed by atoms with Gasteiger partial charge in [0.15, 0.2) is 28.8 Å². The zero-order valence-corrected chi connectivity index (χ0v) is 31.4. The van der Waals surface area contributed by atoms with Gasteiger partial charge in [-0.25, -0.2) is 4.99 Å². The van der Waals surface area contributed by atoms with E-state index in [2.05, 4.69) is 126 Å². The average Bonchev–Trinajstić information content (AvgIpc) is 3.84. The van der Waals surface area contributed by atoms with Gasteiger partial charge in [0.2, 0.25) is 0 Å². The van der Waals surface area contributed by atoms with Gasteiger partial charge in [-0.3, -0.25) is 4.99 Å². The lowest BCUT2D eigenvalue weighted by Crippen LogP contribution is -2.18. The second kappa shape index (κ2) is 13.1. The number of para-hydroxylation sites is 5. The average molecular weight is 750 g/mol.